The van der Waals surface area contributed by atoms with Crippen molar-refractivity contribution in [3.8, 4) is 0 Å². The third-order valence-corrected chi connectivity index (χ3v) is 4.53. The highest BCUT2D eigenvalue weighted by Gasteiger charge is 2.33. The van der Waals surface area contributed by atoms with E-state index in [2.05, 4.69) is 39.9 Å². The van der Waals surface area contributed by atoms with Crippen LogP contribution < -0.4 is 11.1 Å². The molecule has 3 N–H and O–H groups in total. The van der Waals surface area contributed by atoms with E-state index in [1.165, 1.54) is 6.42 Å². The van der Waals surface area contributed by atoms with E-state index < -0.39 is 0 Å². The van der Waals surface area contributed by atoms with Gasteiger partial charge in [0, 0.05) is 5.41 Å². The molecule has 1 unspecified atom stereocenters. The third kappa shape index (κ3) is 32.3. The van der Waals surface area contributed by atoms with Crippen molar-refractivity contribution in [3.63, 3.8) is 0 Å². The molecule has 0 fully saturated rings. The second kappa shape index (κ2) is 30.8. The molecule has 30 heavy (non-hydrogen) atoms. The number of ketones is 1. The molecular weight excluding hydrogens is 368 g/mol. The Morgan fingerprint density at radius 2 is 1.20 bits per heavy atom. The summed E-state index contributed by atoms with van der Waals surface area (Å²) >= 11 is 0. The van der Waals surface area contributed by atoms with Gasteiger partial charge >= 0.3 is 0 Å². The van der Waals surface area contributed by atoms with Gasteiger partial charge in [-0.3, -0.25) is 4.79 Å². The Bertz CT molecular complexity index is 297. The highest BCUT2D eigenvalue weighted by molar-refractivity contribution is 5.88. The van der Waals surface area contributed by atoms with E-state index in [0.717, 1.165) is 31.7 Å². The number of carbonyl (C=O) groups excluding carboxylic acids is 1. The molecule has 0 aliphatic carbocycles. The summed E-state index contributed by atoms with van der Waals surface area (Å²) in [5.41, 5.74) is 5.89. The lowest BCUT2D eigenvalue weighted by atomic mass is 9.75. The van der Waals surface area contributed by atoms with Crippen LogP contribution in [0.4, 0.5) is 0 Å². The molecule has 0 saturated carbocycles. The number of carbonyl (C=O) groups is 1. The maximum absolute atomic E-state index is 12.2. The van der Waals surface area contributed by atoms with Crippen molar-refractivity contribution in [3.05, 3.63) is 0 Å². The fourth-order valence-corrected chi connectivity index (χ4v) is 1.93. The Hall–Kier alpha value is -0.410. The number of hydrogen-bond acceptors (Lipinski definition) is 3. The summed E-state index contributed by atoms with van der Waals surface area (Å²) in [6.07, 6.45) is 3.95. The maximum Gasteiger partial charge on any atom is 0.155 e. The van der Waals surface area contributed by atoms with E-state index in [1.54, 1.807) is 0 Å². The van der Waals surface area contributed by atoms with Crippen molar-refractivity contribution in [1.29, 1.82) is 0 Å². The van der Waals surface area contributed by atoms with E-state index in [1.807, 2.05) is 83.2 Å². The maximum atomic E-state index is 12.2. The first kappa shape index (κ1) is 43.5. The summed E-state index contributed by atoms with van der Waals surface area (Å²) in [7, 11) is 1.95. The van der Waals surface area contributed by atoms with Crippen LogP contribution in [0.15, 0.2) is 0 Å². The third-order valence-electron chi connectivity index (χ3n) is 4.53. The van der Waals surface area contributed by atoms with Crippen LogP contribution in [0.3, 0.4) is 0 Å². The SMILES string of the molecule is CC.CC.CC.CC.CCC(C)(C)C(=O)C(N)CC(C)(C)CCNC.CCC(C)C. The Morgan fingerprint density at radius 3 is 1.43 bits per heavy atom. The molecule has 0 saturated heterocycles. The highest BCUT2D eigenvalue weighted by atomic mass is 16.1. The normalized spacial score (nSPS) is 10.8. The molecule has 0 bridgehead atoms. The number of rotatable bonds is 9. The van der Waals surface area contributed by atoms with Crippen molar-refractivity contribution in [2.75, 3.05) is 13.6 Å². The average Bonchev–Trinajstić information content (AvgIpc) is 2.77. The molecular formula is C27H66N2O. The fourth-order valence-electron chi connectivity index (χ4n) is 1.93. The van der Waals surface area contributed by atoms with Crippen LogP contribution in [-0.2, 0) is 4.79 Å². The zero-order valence-corrected chi connectivity index (χ0v) is 24.7. The van der Waals surface area contributed by atoms with Crippen LogP contribution in [0.1, 0.15) is 136 Å². The Morgan fingerprint density at radius 1 is 0.867 bits per heavy atom. The van der Waals surface area contributed by atoms with Gasteiger partial charge in [-0.15, -0.1) is 0 Å². The van der Waals surface area contributed by atoms with Crippen LogP contribution in [0.5, 0.6) is 0 Å². The predicted octanol–water partition coefficient (Wildman–Crippen LogP) is 8.50. The van der Waals surface area contributed by atoms with Crippen LogP contribution in [0.25, 0.3) is 0 Å². The van der Waals surface area contributed by atoms with Crippen LogP contribution >= 0.6 is 0 Å². The molecule has 3 heteroatoms. The Balaban J connectivity index is -0.0000000920. The first-order chi connectivity index (χ1) is 13.9. The van der Waals surface area contributed by atoms with Crippen molar-refractivity contribution < 1.29 is 4.79 Å². The molecule has 0 aromatic carbocycles. The topological polar surface area (TPSA) is 55.1 Å². The largest absolute Gasteiger partial charge is 0.321 e. The molecule has 0 rings (SSSR count). The summed E-state index contributed by atoms with van der Waals surface area (Å²) in [4.78, 5) is 12.2. The lowest BCUT2D eigenvalue weighted by molar-refractivity contribution is -0.129. The van der Waals surface area contributed by atoms with Crippen molar-refractivity contribution in [2.24, 2.45) is 22.5 Å². The molecule has 3 nitrogen and oxygen atoms in total. The predicted molar refractivity (Wildman–Crippen MR) is 145 cm³/mol. The molecule has 0 aromatic rings. The van der Waals surface area contributed by atoms with E-state index in [9.17, 15) is 4.79 Å². The van der Waals surface area contributed by atoms with Gasteiger partial charge in [-0.05, 0) is 44.2 Å². The monoisotopic (exact) mass is 435 g/mol. The smallest absolute Gasteiger partial charge is 0.155 e. The first-order valence-electron chi connectivity index (χ1n) is 12.9. The molecule has 0 spiro atoms. The van der Waals surface area contributed by atoms with Crippen molar-refractivity contribution in [1.82, 2.24) is 5.32 Å². The Kier molecular flexibility index (Phi) is 44.6. The van der Waals surface area contributed by atoms with Gasteiger partial charge in [0.25, 0.3) is 0 Å². The van der Waals surface area contributed by atoms with Gasteiger partial charge in [-0.2, -0.15) is 0 Å². The summed E-state index contributed by atoms with van der Waals surface area (Å²) < 4.78 is 0. The standard InChI is InChI=1S/C14H30N2O.C5H12.4C2H6/c1-7-14(4,5)12(17)11(15)10-13(2,3)8-9-16-6;1-4-5(2)3;4*1-2/h11,16H,7-10,15H2,1-6H3;5H,4H2,1-3H3;4*1-2H3. The average molecular weight is 435 g/mol. The number of hydrogen-bond donors (Lipinski definition) is 2. The van der Waals surface area contributed by atoms with Gasteiger partial charge in [0.15, 0.2) is 5.78 Å². The van der Waals surface area contributed by atoms with Crippen LogP contribution in [0.2, 0.25) is 0 Å². The number of nitrogens with one attached hydrogen (secondary N) is 1. The van der Waals surface area contributed by atoms with Gasteiger partial charge in [-0.25, -0.2) is 0 Å². The zero-order chi connectivity index (χ0) is 26.0. The fraction of sp³-hybridized carbons (Fsp3) is 0.963. The van der Waals surface area contributed by atoms with Crippen LogP contribution in [0, 0.1) is 16.7 Å². The summed E-state index contributed by atoms with van der Waals surface area (Å²) in [5, 5.41) is 3.14. The quantitative estimate of drug-likeness (QED) is 0.382. The molecule has 0 amide bonds. The number of nitrogens with two attached hydrogens (primary N) is 1. The van der Waals surface area contributed by atoms with Gasteiger partial charge in [0.05, 0.1) is 6.04 Å². The van der Waals surface area contributed by atoms with Crippen LogP contribution in [-0.4, -0.2) is 25.4 Å². The molecule has 0 aromatic heterocycles. The van der Waals surface area contributed by atoms with Crippen molar-refractivity contribution in [2.45, 2.75) is 143 Å². The highest BCUT2D eigenvalue weighted by Crippen LogP contribution is 2.30. The van der Waals surface area contributed by atoms with E-state index in [0.29, 0.717) is 0 Å². The molecule has 190 valence electrons. The van der Waals surface area contributed by atoms with Crippen molar-refractivity contribution >= 4 is 5.78 Å². The lowest BCUT2D eigenvalue weighted by Crippen LogP contribution is -2.43. The molecule has 0 heterocycles. The summed E-state index contributed by atoms with van der Waals surface area (Å²) in [6.45, 7) is 34.0. The second-order valence-corrected chi connectivity index (χ2v) is 8.23. The summed E-state index contributed by atoms with van der Waals surface area (Å²) in [5.74, 6) is 1.08. The molecule has 0 aliphatic rings. The van der Waals surface area contributed by atoms with E-state index in [4.69, 9.17) is 5.73 Å². The van der Waals surface area contributed by atoms with Gasteiger partial charge in [0.1, 0.15) is 0 Å². The second-order valence-electron chi connectivity index (χ2n) is 8.23. The van der Waals surface area contributed by atoms with Gasteiger partial charge in [0.2, 0.25) is 0 Å². The minimum atomic E-state index is -0.336. The molecule has 0 radical (unpaired) electrons. The summed E-state index contributed by atoms with van der Waals surface area (Å²) in [6, 6.07) is -0.336. The molecule has 0 aliphatic heterocycles. The number of Topliss-reactive ketones (excluding diaryl/α,β-unsaturated/α-hetero) is 1. The first-order valence-corrected chi connectivity index (χ1v) is 12.9. The van der Waals surface area contributed by atoms with E-state index in [-0.39, 0.29) is 22.7 Å². The minimum Gasteiger partial charge on any atom is -0.321 e. The minimum absolute atomic E-state index is 0.113. The van der Waals surface area contributed by atoms with Gasteiger partial charge < -0.3 is 11.1 Å². The zero-order valence-electron chi connectivity index (χ0n) is 24.7. The van der Waals surface area contributed by atoms with Gasteiger partial charge in [-0.1, -0.05) is 117 Å². The molecule has 1 atom stereocenters. The lowest BCUT2D eigenvalue weighted by Gasteiger charge is -2.31. The Labute approximate surface area is 194 Å². The van der Waals surface area contributed by atoms with E-state index >= 15 is 0 Å².